The summed E-state index contributed by atoms with van der Waals surface area (Å²) in [6.07, 6.45) is 1.84. The molecule has 0 aliphatic rings. The maximum Gasteiger partial charge on any atom is 0.128 e. The van der Waals surface area contributed by atoms with Gasteiger partial charge in [0, 0.05) is 22.7 Å². The quantitative estimate of drug-likeness (QED) is 0.728. The van der Waals surface area contributed by atoms with Gasteiger partial charge in [0.1, 0.15) is 5.75 Å². The van der Waals surface area contributed by atoms with Crippen LogP contribution in [0.5, 0.6) is 5.75 Å². The Kier molecular flexibility index (Phi) is 3.09. The average Bonchev–Trinajstić information content (AvgIpc) is 2.06. The van der Waals surface area contributed by atoms with Crippen LogP contribution in [0.4, 0.5) is 0 Å². The van der Waals surface area contributed by atoms with Gasteiger partial charge in [0.25, 0.3) is 0 Å². The zero-order valence-corrected chi connectivity index (χ0v) is 9.10. The van der Waals surface area contributed by atoms with Gasteiger partial charge in [-0.25, -0.2) is 0 Å². The molecule has 12 heavy (non-hydrogen) atoms. The Bertz CT molecular complexity index is 286. The topological polar surface area (TPSA) is 22.1 Å². The first kappa shape index (κ1) is 9.52. The summed E-state index contributed by atoms with van der Waals surface area (Å²) in [5.74, 6) is 0.944. The molecule has 1 rings (SSSR count). The van der Waals surface area contributed by atoms with Crippen LogP contribution in [0.2, 0.25) is 0 Å². The van der Waals surface area contributed by atoms with Crippen molar-refractivity contribution in [2.45, 2.75) is 19.2 Å². The van der Waals surface area contributed by atoms with Gasteiger partial charge < -0.3 is 4.74 Å². The van der Waals surface area contributed by atoms with Crippen LogP contribution in [0.25, 0.3) is 0 Å². The van der Waals surface area contributed by atoms with Crippen LogP contribution in [-0.2, 0) is 5.33 Å². The molecule has 1 heterocycles. The Morgan fingerprint density at radius 3 is 2.67 bits per heavy atom. The predicted molar refractivity (Wildman–Crippen MR) is 52.9 cm³/mol. The third kappa shape index (κ3) is 1.61. The lowest BCUT2D eigenvalue weighted by atomic mass is 10.1. The van der Waals surface area contributed by atoms with E-state index >= 15 is 0 Å². The standard InChI is InChI=1S/C9H12BrNO/c1-6-5-11-8(4-10)7(2)9(6)12-3/h5H,4H2,1-3H3. The van der Waals surface area contributed by atoms with Crippen LogP contribution >= 0.6 is 15.9 Å². The molecule has 0 aliphatic heterocycles. The van der Waals surface area contributed by atoms with Gasteiger partial charge in [-0.2, -0.15) is 0 Å². The highest BCUT2D eigenvalue weighted by Crippen LogP contribution is 2.24. The van der Waals surface area contributed by atoms with Crippen molar-refractivity contribution in [2.24, 2.45) is 0 Å². The zero-order valence-electron chi connectivity index (χ0n) is 7.52. The molecule has 0 atom stereocenters. The number of hydrogen-bond acceptors (Lipinski definition) is 2. The lowest BCUT2D eigenvalue weighted by molar-refractivity contribution is 0.407. The van der Waals surface area contributed by atoms with E-state index < -0.39 is 0 Å². The molecule has 0 aromatic carbocycles. The number of hydrogen-bond donors (Lipinski definition) is 0. The molecule has 0 N–H and O–H groups in total. The second kappa shape index (κ2) is 3.90. The summed E-state index contributed by atoms with van der Waals surface area (Å²) in [5.41, 5.74) is 3.24. The first-order chi connectivity index (χ1) is 5.70. The number of pyridine rings is 1. The third-order valence-corrected chi connectivity index (χ3v) is 2.41. The number of nitrogens with zero attached hydrogens (tertiary/aromatic N) is 1. The second-order valence-corrected chi connectivity index (χ2v) is 3.24. The van der Waals surface area contributed by atoms with Crippen LogP contribution < -0.4 is 4.74 Å². The summed E-state index contributed by atoms with van der Waals surface area (Å²) < 4.78 is 5.26. The largest absolute Gasteiger partial charge is 0.496 e. The molecule has 3 heteroatoms. The molecule has 1 aromatic heterocycles. The fourth-order valence-corrected chi connectivity index (χ4v) is 1.77. The Morgan fingerprint density at radius 2 is 2.17 bits per heavy atom. The summed E-state index contributed by atoms with van der Waals surface area (Å²) in [5, 5.41) is 0.773. The Balaban J connectivity index is 3.24. The van der Waals surface area contributed by atoms with Gasteiger partial charge in [-0.05, 0) is 13.8 Å². The minimum absolute atomic E-state index is 0.773. The van der Waals surface area contributed by atoms with Crippen molar-refractivity contribution in [1.82, 2.24) is 4.98 Å². The second-order valence-electron chi connectivity index (χ2n) is 2.68. The molecule has 0 saturated carbocycles. The molecule has 0 unspecified atom stereocenters. The van der Waals surface area contributed by atoms with E-state index in [-0.39, 0.29) is 0 Å². The van der Waals surface area contributed by atoms with Crippen molar-refractivity contribution >= 4 is 15.9 Å². The molecule has 1 aromatic rings. The number of ether oxygens (including phenoxy) is 1. The van der Waals surface area contributed by atoms with Gasteiger partial charge >= 0.3 is 0 Å². The van der Waals surface area contributed by atoms with Gasteiger partial charge in [0.2, 0.25) is 0 Å². The Labute approximate surface area is 81.1 Å². The molecule has 0 saturated heterocycles. The smallest absolute Gasteiger partial charge is 0.128 e. The van der Waals surface area contributed by atoms with E-state index in [2.05, 4.69) is 20.9 Å². The minimum atomic E-state index is 0.773. The lowest BCUT2D eigenvalue weighted by Crippen LogP contribution is -1.97. The Hall–Kier alpha value is -0.570. The van der Waals surface area contributed by atoms with E-state index in [1.807, 2.05) is 20.0 Å². The maximum absolute atomic E-state index is 5.26. The van der Waals surface area contributed by atoms with E-state index in [1.165, 1.54) is 0 Å². The number of rotatable bonds is 2. The molecule has 2 nitrogen and oxygen atoms in total. The van der Waals surface area contributed by atoms with Gasteiger partial charge in [0.15, 0.2) is 0 Å². The number of methoxy groups -OCH3 is 1. The highest BCUT2D eigenvalue weighted by Gasteiger charge is 2.07. The third-order valence-electron chi connectivity index (χ3n) is 1.88. The SMILES string of the molecule is COc1c(C)cnc(CBr)c1C. The molecule has 0 amide bonds. The van der Waals surface area contributed by atoms with Crippen LogP contribution in [0.15, 0.2) is 6.20 Å². The van der Waals surface area contributed by atoms with E-state index in [4.69, 9.17) is 4.74 Å². The average molecular weight is 230 g/mol. The fourth-order valence-electron chi connectivity index (χ4n) is 1.21. The van der Waals surface area contributed by atoms with Crippen LogP contribution in [0.3, 0.4) is 0 Å². The summed E-state index contributed by atoms with van der Waals surface area (Å²) in [6, 6.07) is 0. The van der Waals surface area contributed by atoms with Crippen LogP contribution in [0, 0.1) is 13.8 Å². The van der Waals surface area contributed by atoms with Crippen molar-refractivity contribution in [1.29, 1.82) is 0 Å². The Morgan fingerprint density at radius 1 is 1.50 bits per heavy atom. The van der Waals surface area contributed by atoms with Gasteiger partial charge in [-0.1, -0.05) is 15.9 Å². The highest BCUT2D eigenvalue weighted by molar-refractivity contribution is 9.08. The van der Waals surface area contributed by atoms with Crippen LogP contribution in [-0.4, -0.2) is 12.1 Å². The van der Waals surface area contributed by atoms with Gasteiger partial charge in [-0.15, -0.1) is 0 Å². The molecule has 0 spiro atoms. The first-order valence-electron chi connectivity index (χ1n) is 3.75. The number of halogens is 1. The number of aryl methyl sites for hydroxylation is 1. The summed E-state index contributed by atoms with van der Waals surface area (Å²) >= 11 is 3.38. The first-order valence-corrected chi connectivity index (χ1v) is 4.88. The predicted octanol–water partition coefficient (Wildman–Crippen LogP) is 2.60. The van der Waals surface area contributed by atoms with E-state index in [9.17, 15) is 0 Å². The molecule has 0 aliphatic carbocycles. The molecule has 0 bridgehead atoms. The van der Waals surface area contributed by atoms with Gasteiger partial charge in [-0.3, -0.25) is 4.98 Å². The molecular weight excluding hydrogens is 218 g/mol. The van der Waals surface area contributed by atoms with Crippen molar-refractivity contribution in [3.8, 4) is 5.75 Å². The molecule has 0 fully saturated rings. The highest BCUT2D eigenvalue weighted by atomic mass is 79.9. The fraction of sp³-hybridized carbons (Fsp3) is 0.444. The van der Waals surface area contributed by atoms with E-state index in [0.29, 0.717) is 0 Å². The van der Waals surface area contributed by atoms with E-state index in [1.54, 1.807) is 7.11 Å². The monoisotopic (exact) mass is 229 g/mol. The van der Waals surface area contributed by atoms with Crippen molar-refractivity contribution in [3.63, 3.8) is 0 Å². The normalized spacial score (nSPS) is 10.0. The minimum Gasteiger partial charge on any atom is -0.496 e. The number of aromatic nitrogens is 1. The summed E-state index contributed by atoms with van der Waals surface area (Å²) in [4.78, 5) is 4.28. The molecule has 0 radical (unpaired) electrons. The summed E-state index contributed by atoms with van der Waals surface area (Å²) in [6.45, 7) is 4.02. The molecular formula is C9H12BrNO. The number of alkyl halides is 1. The van der Waals surface area contributed by atoms with Crippen molar-refractivity contribution < 1.29 is 4.74 Å². The van der Waals surface area contributed by atoms with Gasteiger partial charge in [0.05, 0.1) is 12.8 Å². The lowest BCUT2D eigenvalue weighted by Gasteiger charge is -2.10. The summed E-state index contributed by atoms with van der Waals surface area (Å²) in [7, 11) is 1.69. The van der Waals surface area contributed by atoms with Crippen LogP contribution in [0.1, 0.15) is 16.8 Å². The van der Waals surface area contributed by atoms with E-state index in [0.717, 1.165) is 27.9 Å². The van der Waals surface area contributed by atoms with Crippen molar-refractivity contribution in [3.05, 3.63) is 23.0 Å². The zero-order chi connectivity index (χ0) is 9.14. The molecule has 66 valence electrons. The van der Waals surface area contributed by atoms with Crippen molar-refractivity contribution in [2.75, 3.05) is 7.11 Å². The maximum atomic E-state index is 5.26.